The van der Waals surface area contributed by atoms with E-state index in [1.807, 2.05) is 17.8 Å². The van der Waals surface area contributed by atoms with E-state index in [0.717, 1.165) is 11.6 Å². The summed E-state index contributed by atoms with van der Waals surface area (Å²) in [7, 11) is 0. The molecular formula is C11H18ClN3. The summed E-state index contributed by atoms with van der Waals surface area (Å²) < 4.78 is 2.00. The molecule has 3 unspecified atom stereocenters. The molecule has 0 spiro atoms. The van der Waals surface area contributed by atoms with Crippen LogP contribution < -0.4 is 0 Å². The van der Waals surface area contributed by atoms with Crippen LogP contribution in [0.1, 0.15) is 56.6 Å². The van der Waals surface area contributed by atoms with Gasteiger partial charge in [-0.05, 0) is 25.7 Å². The average molecular weight is 228 g/mol. The predicted octanol–water partition coefficient (Wildman–Crippen LogP) is 3.33. The summed E-state index contributed by atoms with van der Waals surface area (Å²) >= 11 is 5.97. The molecule has 84 valence electrons. The molecule has 0 N–H and O–H groups in total. The van der Waals surface area contributed by atoms with Crippen molar-refractivity contribution in [1.29, 1.82) is 0 Å². The second-order valence-electron chi connectivity index (χ2n) is 4.67. The molecule has 0 bridgehead atoms. The number of hydrogen-bond donors (Lipinski definition) is 0. The summed E-state index contributed by atoms with van der Waals surface area (Å²) in [5.41, 5.74) is 0.884. The Morgan fingerprint density at radius 1 is 1.53 bits per heavy atom. The van der Waals surface area contributed by atoms with E-state index in [1.54, 1.807) is 0 Å². The van der Waals surface area contributed by atoms with E-state index in [9.17, 15) is 0 Å². The molecule has 1 aliphatic carbocycles. The average Bonchev–Trinajstić information content (AvgIpc) is 2.66. The Kier molecular flexibility index (Phi) is 3.29. The van der Waals surface area contributed by atoms with Crippen LogP contribution in [0.25, 0.3) is 0 Å². The number of hydrogen-bond acceptors (Lipinski definition) is 2. The van der Waals surface area contributed by atoms with E-state index < -0.39 is 0 Å². The van der Waals surface area contributed by atoms with Gasteiger partial charge in [-0.1, -0.05) is 25.0 Å². The lowest BCUT2D eigenvalue weighted by atomic mass is 9.87. The van der Waals surface area contributed by atoms with Gasteiger partial charge in [0.2, 0.25) is 0 Å². The third kappa shape index (κ3) is 2.51. The lowest BCUT2D eigenvalue weighted by Gasteiger charge is -2.26. The van der Waals surface area contributed by atoms with Gasteiger partial charge in [0.05, 0.1) is 17.6 Å². The Morgan fingerprint density at radius 2 is 2.33 bits per heavy atom. The fourth-order valence-corrected chi connectivity index (χ4v) is 2.39. The van der Waals surface area contributed by atoms with Gasteiger partial charge in [-0.25, -0.2) is 4.68 Å². The summed E-state index contributed by atoms with van der Waals surface area (Å²) in [5, 5.41) is 8.23. The first-order valence-electron chi connectivity index (χ1n) is 5.72. The standard InChI is InChI=1S/C11H18ClN3/c1-8-4-3-5-10(6-8)15-7-11(9(2)12)13-14-15/h7-10H,3-6H2,1-2H3. The Balaban J connectivity index is 2.08. The van der Waals surface area contributed by atoms with Gasteiger partial charge in [-0.2, -0.15) is 0 Å². The van der Waals surface area contributed by atoms with Crippen molar-refractivity contribution in [3.63, 3.8) is 0 Å². The molecule has 3 nitrogen and oxygen atoms in total. The van der Waals surface area contributed by atoms with Crippen molar-refractivity contribution in [2.75, 3.05) is 0 Å². The first-order chi connectivity index (χ1) is 7.16. The SMILES string of the molecule is CC1CCCC(n2cc(C(C)Cl)nn2)C1. The Labute approximate surface area is 95.8 Å². The second-order valence-corrected chi connectivity index (χ2v) is 5.32. The molecule has 0 saturated heterocycles. The number of aromatic nitrogens is 3. The Morgan fingerprint density at radius 3 is 2.93 bits per heavy atom. The molecule has 3 atom stereocenters. The zero-order valence-electron chi connectivity index (χ0n) is 9.36. The third-order valence-electron chi connectivity index (χ3n) is 3.22. The minimum Gasteiger partial charge on any atom is -0.249 e. The van der Waals surface area contributed by atoms with Crippen LogP contribution in [0, 0.1) is 5.92 Å². The lowest BCUT2D eigenvalue weighted by molar-refractivity contribution is 0.263. The molecule has 0 radical (unpaired) electrons. The summed E-state index contributed by atoms with van der Waals surface area (Å²) in [6.45, 7) is 4.24. The Bertz CT molecular complexity index is 321. The minimum atomic E-state index is -0.0419. The van der Waals surface area contributed by atoms with Crippen LogP contribution in [0.5, 0.6) is 0 Å². The van der Waals surface area contributed by atoms with Crippen molar-refractivity contribution in [3.8, 4) is 0 Å². The molecule has 1 aromatic heterocycles. The van der Waals surface area contributed by atoms with Crippen LogP contribution in [-0.4, -0.2) is 15.0 Å². The maximum Gasteiger partial charge on any atom is 0.100 e. The second kappa shape index (κ2) is 4.52. The van der Waals surface area contributed by atoms with Crippen LogP contribution in [0.3, 0.4) is 0 Å². The van der Waals surface area contributed by atoms with Crippen molar-refractivity contribution < 1.29 is 0 Å². The molecule has 2 rings (SSSR count). The predicted molar refractivity (Wildman–Crippen MR) is 61.0 cm³/mol. The fourth-order valence-electron chi connectivity index (χ4n) is 2.29. The number of nitrogens with zero attached hydrogens (tertiary/aromatic N) is 3. The quantitative estimate of drug-likeness (QED) is 0.726. The smallest absolute Gasteiger partial charge is 0.100 e. The van der Waals surface area contributed by atoms with Crippen molar-refractivity contribution >= 4 is 11.6 Å². The molecule has 0 aromatic carbocycles. The van der Waals surface area contributed by atoms with Crippen LogP contribution >= 0.6 is 11.6 Å². The molecule has 15 heavy (non-hydrogen) atoms. The minimum absolute atomic E-state index is 0.0419. The highest BCUT2D eigenvalue weighted by atomic mass is 35.5. The summed E-state index contributed by atoms with van der Waals surface area (Å²) in [6, 6.07) is 0.533. The molecule has 1 fully saturated rings. The first kappa shape index (κ1) is 10.9. The van der Waals surface area contributed by atoms with Crippen LogP contribution in [-0.2, 0) is 0 Å². The van der Waals surface area contributed by atoms with Crippen molar-refractivity contribution in [2.45, 2.75) is 50.9 Å². The number of alkyl halides is 1. The monoisotopic (exact) mass is 227 g/mol. The van der Waals surface area contributed by atoms with Gasteiger partial charge in [-0.15, -0.1) is 16.7 Å². The normalized spacial score (nSPS) is 29.0. The van der Waals surface area contributed by atoms with Crippen LogP contribution in [0.2, 0.25) is 0 Å². The van der Waals surface area contributed by atoms with Crippen LogP contribution in [0.15, 0.2) is 6.20 Å². The fraction of sp³-hybridized carbons (Fsp3) is 0.818. The highest BCUT2D eigenvalue weighted by Crippen LogP contribution is 2.32. The van der Waals surface area contributed by atoms with Crippen LogP contribution in [0.4, 0.5) is 0 Å². The zero-order valence-corrected chi connectivity index (χ0v) is 10.1. The van der Waals surface area contributed by atoms with E-state index in [1.165, 1.54) is 25.7 Å². The van der Waals surface area contributed by atoms with E-state index in [2.05, 4.69) is 17.2 Å². The first-order valence-corrected chi connectivity index (χ1v) is 6.16. The summed E-state index contributed by atoms with van der Waals surface area (Å²) in [5.74, 6) is 0.810. The van der Waals surface area contributed by atoms with Gasteiger partial charge >= 0.3 is 0 Å². The molecule has 0 amide bonds. The van der Waals surface area contributed by atoms with Gasteiger partial charge in [-0.3, -0.25) is 0 Å². The van der Waals surface area contributed by atoms with Gasteiger partial charge in [0.1, 0.15) is 5.69 Å². The summed E-state index contributed by atoms with van der Waals surface area (Å²) in [4.78, 5) is 0. The molecular weight excluding hydrogens is 210 g/mol. The van der Waals surface area contributed by atoms with Crippen molar-refractivity contribution in [1.82, 2.24) is 15.0 Å². The topological polar surface area (TPSA) is 30.7 Å². The highest BCUT2D eigenvalue weighted by Gasteiger charge is 2.21. The van der Waals surface area contributed by atoms with E-state index in [4.69, 9.17) is 11.6 Å². The number of halogens is 1. The van der Waals surface area contributed by atoms with E-state index >= 15 is 0 Å². The molecule has 1 saturated carbocycles. The largest absolute Gasteiger partial charge is 0.249 e. The maximum absolute atomic E-state index is 5.97. The highest BCUT2D eigenvalue weighted by molar-refractivity contribution is 6.20. The molecule has 0 aliphatic heterocycles. The molecule has 1 aliphatic rings. The van der Waals surface area contributed by atoms with Gasteiger partial charge in [0.15, 0.2) is 0 Å². The van der Waals surface area contributed by atoms with Gasteiger partial charge in [0.25, 0.3) is 0 Å². The molecule has 4 heteroatoms. The lowest BCUT2D eigenvalue weighted by Crippen LogP contribution is -2.18. The molecule has 1 heterocycles. The zero-order chi connectivity index (χ0) is 10.8. The third-order valence-corrected chi connectivity index (χ3v) is 3.44. The Hall–Kier alpha value is -0.570. The van der Waals surface area contributed by atoms with Gasteiger partial charge in [0, 0.05) is 0 Å². The summed E-state index contributed by atoms with van der Waals surface area (Å²) in [6.07, 6.45) is 7.10. The van der Waals surface area contributed by atoms with Crippen molar-refractivity contribution in [2.24, 2.45) is 5.92 Å². The maximum atomic E-state index is 5.97. The van der Waals surface area contributed by atoms with E-state index in [-0.39, 0.29) is 5.38 Å². The molecule has 1 aromatic rings. The van der Waals surface area contributed by atoms with E-state index in [0.29, 0.717) is 6.04 Å². The number of rotatable bonds is 2. The van der Waals surface area contributed by atoms with Crippen molar-refractivity contribution in [3.05, 3.63) is 11.9 Å². The van der Waals surface area contributed by atoms with Gasteiger partial charge < -0.3 is 0 Å².